The molecule has 1 aliphatic heterocycles. The molecule has 0 bridgehead atoms. The first-order valence-corrected chi connectivity index (χ1v) is 8.09. The fourth-order valence-corrected chi connectivity index (χ4v) is 3.35. The average molecular weight is 318 g/mol. The fourth-order valence-electron chi connectivity index (χ4n) is 3.35. The first-order valence-electron chi connectivity index (χ1n) is 8.09. The lowest BCUT2D eigenvalue weighted by molar-refractivity contribution is -0.118. The number of hydrogen-bond acceptors (Lipinski definition) is 3. The summed E-state index contributed by atoms with van der Waals surface area (Å²) in [5.74, 6) is 0.0759. The molecule has 2 aromatic carbocycles. The minimum absolute atomic E-state index is 0.0759. The predicted molar refractivity (Wildman–Crippen MR) is 92.2 cm³/mol. The molecule has 24 heavy (non-hydrogen) atoms. The number of aromatic nitrogens is 3. The van der Waals surface area contributed by atoms with E-state index in [1.807, 2.05) is 53.4 Å². The van der Waals surface area contributed by atoms with Crippen LogP contribution in [-0.2, 0) is 17.6 Å². The van der Waals surface area contributed by atoms with Crippen molar-refractivity contribution in [2.24, 2.45) is 0 Å². The van der Waals surface area contributed by atoms with Crippen LogP contribution in [0.3, 0.4) is 0 Å². The van der Waals surface area contributed by atoms with Crippen LogP contribution >= 0.6 is 0 Å². The molecule has 2 heterocycles. The van der Waals surface area contributed by atoms with Crippen LogP contribution in [0.15, 0.2) is 60.8 Å². The highest BCUT2D eigenvalue weighted by molar-refractivity contribution is 5.97. The van der Waals surface area contributed by atoms with E-state index in [-0.39, 0.29) is 18.4 Å². The van der Waals surface area contributed by atoms with Crippen LogP contribution < -0.4 is 4.90 Å². The molecular formula is C19H18N4O. The maximum absolute atomic E-state index is 12.9. The van der Waals surface area contributed by atoms with Crippen LogP contribution in [0.5, 0.6) is 0 Å². The van der Waals surface area contributed by atoms with Gasteiger partial charge in [-0.3, -0.25) is 4.79 Å². The van der Waals surface area contributed by atoms with Gasteiger partial charge in [0.05, 0.1) is 24.0 Å². The van der Waals surface area contributed by atoms with E-state index in [2.05, 4.69) is 23.3 Å². The van der Waals surface area contributed by atoms with Crippen LogP contribution in [0.1, 0.15) is 18.2 Å². The number of hydrogen-bond donors (Lipinski definition) is 0. The Labute approximate surface area is 140 Å². The van der Waals surface area contributed by atoms with Gasteiger partial charge in [-0.2, -0.15) is 0 Å². The maximum Gasteiger partial charge on any atom is 0.233 e. The van der Waals surface area contributed by atoms with Gasteiger partial charge in [0.1, 0.15) is 0 Å². The molecule has 5 heteroatoms. The zero-order valence-corrected chi connectivity index (χ0v) is 13.5. The van der Waals surface area contributed by atoms with E-state index in [0.717, 1.165) is 23.5 Å². The van der Waals surface area contributed by atoms with E-state index in [4.69, 9.17) is 0 Å². The zero-order valence-electron chi connectivity index (χ0n) is 13.5. The molecule has 0 N–H and O–H groups in total. The monoisotopic (exact) mass is 318 g/mol. The van der Waals surface area contributed by atoms with Gasteiger partial charge in [0.25, 0.3) is 0 Å². The fraction of sp³-hybridized carbons (Fsp3) is 0.211. The summed E-state index contributed by atoms with van der Waals surface area (Å²) in [6, 6.07) is 18.0. The van der Waals surface area contributed by atoms with Gasteiger partial charge in [0.2, 0.25) is 5.91 Å². The number of anilines is 1. The second-order valence-electron chi connectivity index (χ2n) is 6.10. The van der Waals surface area contributed by atoms with Crippen molar-refractivity contribution in [2.45, 2.75) is 25.8 Å². The SMILES string of the molecule is CC1Cc2ccccc2N1C(=O)Cc1cnnn1-c1ccccc1. The summed E-state index contributed by atoms with van der Waals surface area (Å²) in [5.41, 5.74) is 3.96. The molecular weight excluding hydrogens is 300 g/mol. The van der Waals surface area contributed by atoms with E-state index < -0.39 is 0 Å². The first kappa shape index (κ1) is 14.6. The van der Waals surface area contributed by atoms with Gasteiger partial charge >= 0.3 is 0 Å². The van der Waals surface area contributed by atoms with Gasteiger partial charge in [0.15, 0.2) is 0 Å². The van der Waals surface area contributed by atoms with Gasteiger partial charge in [-0.05, 0) is 37.1 Å². The highest BCUT2D eigenvalue weighted by atomic mass is 16.2. The van der Waals surface area contributed by atoms with Crippen molar-refractivity contribution in [3.8, 4) is 5.69 Å². The Kier molecular flexibility index (Phi) is 3.61. The van der Waals surface area contributed by atoms with Crippen LogP contribution in [0, 0.1) is 0 Å². The Morgan fingerprint density at radius 1 is 1.12 bits per heavy atom. The van der Waals surface area contributed by atoms with Crippen LogP contribution in [0.25, 0.3) is 5.69 Å². The molecule has 0 radical (unpaired) electrons. The van der Waals surface area contributed by atoms with E-state index in [9.17, 15) is 4.79 Å². The Morgan fingerprint density at radius 2 is 1.88 bits per heavy atom. The van der Waals surface area contributed by atoms with Crippen LogP contribution in [0.2, 0.25) is 0 Å². The van der Waals surface area contributed by atoms with Gasteiger partial charge < -0.3 is 4.90 Å². The molecule has 0 spiro atoms. The second-order valence-corrected chi connectivity index (χ2v) is 6.10. The minimum Gasteiger partial charge on any atom is -0.309 e. The minimum atomic E-state index is 0.0759. The lowest BCUT2D eigenvalue weighted by Gasteiger charge is -2.22. The molecule has 1 aromatic heterocycles. The molecule has 0 saturated heterocycles. The molecule has 1 aliphatic rings. The van der Waals surface area contributed by atoms with Crippen molar-refractivity contribution >= 4 is 11.6 Å². The third-order valence-electron chi connectivity index (χ3n) is 4.43. The molecule has 0 saturated carbocycles. The second kappa shape index (κ2) is 5.92. The van der Waals surface area contributed by atoms with Crippen molar-refractivity contribution < 1.29 is 4.79 Å². The van der Waals surface area contributed by atoms with Crippen molar-refractivity contribution in [3.05, 3.63) is 72.1 Å². The third kappa shape index (κ3) is 2.48. The Bertz CT molecular complexity index is 872. The van der Waals surface area contributed by atoms with Gasteiger partial charge in [-0.25, -0.2) is 4.68 Å². The number of para-hydroxylation sites is 2. The number of rotatable bonds is 3. The van der Waals surface area contributed by atoms with Gasteiger partial charge in [-0.1, -0.05) is 41.6 Å². The molecule has 5 nitrogen and oxygen atoms in total. The largest absolute Gasteiger partial charge is 0.309 e. The first-order chi connectivity index (χ1) is 11.7. The Morgan fingerprint density at radius 3 is 2.71 bits per heavy atom. The molecule has 0 fully saturated rings. The van der Waals surface area contributed by atoms with Crippen molar-refractivity contribution in [1.29, 1.82) is 0 Å². The number of fused-ring (bicyclic) bond motifs is 1. The lowest BCUT2D eigenvalue weighted by Crippen LogP contribution is -2.37. The zero-order chi connectivity index (χ0) is 16.5. The summed E-state index contributed by atoms with van der Waals surface area (Å²) in [4.78, 5) is 14.8. The van der Waals surface area contributed by atoms with Crippen LogP contribution in [0.4, 0.5) is 5.69 Å². The smallest absolute Gasteiger partial charge is 0.233 e. The highest BCUT2D eigenvalue weighted by Gasteiger charge is 2.31. The predicted octanol–water partition coefficient (Wildman–Crippen LogP) is 2.79. The van der Waals surface area contributed by atoms with Crippen molar-refractivity contribution in [1.82, 2.24) is 15.0 Å². The van der Waals surface area contributed by atoms with Crippen molar-refractivity contribution in [2.75, 3.05) is 4.90 Å². The quantitative estimate of drug-likeness (QED) is 0.746. The van der Waals surface area contributed by atoms with E-state index >= 15 is 0 Å². The molecule has 120 valence electrons. The molecule has 1 unspecified atom stereocenters. The summed E-state index contributed by atoms with van der Waals surface area (Å²) >= 11 is 0. The standard InChI is InChI=1S/C19H18N4O/c1-14-11-15-7-5-6-10-18(15)22(14)19(24)12-17-13-20-21-23(17)16-8-3-2-4-9-16/h2-10,13-14H,11-12H2,1H3. The normalized spacial score (nSPS) is 16.2. The third-order valence-corrected chi connectivity index (χ3v) is 4.43. The van der Waals surface area contributed by atoms with Gasteiger partial charge in [-0.15, -0.1) is 5.10 Å². The van der Waals surface area contributed by atoms with E-state index in [1.54, 1.807) is 10.9 Å². The molecule has 4 rings (SSSR count). The summed E-state index contributed by atoms with van der Waals surface area (Å²) < 4.78 is 1.73. The van der Waals surface area contributed by atoms with Crippen LogP contribution in [-0.4, -0.2) is 26.9 Å². The topological polar surface area (TPSA) is 51.0 Å². The number of carbonyl (C=O) groups is 1. The maximum atomic E-state index is 12.9. The Hall–Kier alpha value is -2.95. The molecule has 1 amide bonds. The van der Waals surface area contributed by atoms with Gasteiger partial charge in [0, 0.05) is 11.7 Å². The average Bonchev–Trinajstić information content (AvgIpc) is 3.18. The number of nitrogens with zero attached hydrogens (tertiary/aromatic N) is 4. The van der Waals surface area contributed by atoms with E-state index in [1.165, 1.54) is 5.56 Å². The molecule has 0 aliphatic carbocycles. The lowest BCUT2D eigenvalue weighted by atomic mass is 10.1. The summed E-state index contributed by atoms with van der Waals surface area (Å²) in [5, 5.41) is 8.11. The summed E-state index contributed by atoms with van der Waals surface area (Å²) in [6.07, 6.45) is 2.84. The number of carbonyl (C=O) groups excluding carboxylic acids is 1. The molecule has 3 aromatic rings. The number of benzene rings is 2. The summed E-state index contributed by atoms with van der Waals surface area (Å²) in [6.45, 7) is 2.09. The Balaban J connectivity index is 1.61. The highest BCUT2D eigenvalue weighted by Crippen LogP contribution is 2.32. The number of amides is 1. The van der Waals surface area contributed by atoms with E-state index in [0.29, 0.717) is 0 Å². The van der Waals surface area contributed by atoms with Crippen molar-refractivity contribution in [3.63, 3.8) is 0 Å². The summed E-state index contributed by atoms with van der Waals surface area (Å²) in [7, 11) is 0. The molecule has 1 atom stereocenters.